The first-order chi connectivity index (χ1) is 10.2. The summed E-state index contributed by atoms with van der Waals surface area (Å²) in [6, 6.07) is 4.10. The van der Waals surface area contributed by atoms with Crippen LogP contribution in [-0.4, -0.2) is 11.4 Å². The van der Waals surface area contributed by atoms with Gasteiger partial charge in [-0.3, -0.25) is 0 Å². The van der Waals surface area contributed by atoms with Crippen LogP contribution in [0.15, 0.2) is 22.8 Å². The van der Waals surface area contributed by atoms with Gasteiger partial charge in [0, 0.05) is 34.0 Å². The molecular weight excluding hydrogens is 330 g/mol. The zero-order chi connectivity index (χ0) is 15.0. The summed E-state index contributed by atoms with van der Waals surface area (Å²) < 4.78 is 14.4. The highest BCUT2D eigenvalue weighted by atomic mass is 79.9. The van der Waals surface area contributed by atoms with Crippen LogP contribution in [0.25, 0.3) is 11.1 Å². The van der Waals surface area contributed by atoms with Gasteiger partial charge in [-0.25, -0.2) is 0 Å². The Balaban J connectivity index is 2.18. The lowest BCUT2D eigenvalue weighted by atomic mass is 9.99. The summed E-state index contributed by atoms with van der Waals surface area (Å²) in [4.78, 5) is 0. The Morgan fingerprint density at radius 2 is 1.90 bits per heavy atom. The minimum Gasteiger partial charge on any atom is -0.454 e. The van der Waals surface area contributed by atoms with Gasteiger partial charge in [-0.2, -0.15) is 0 Å². The summed E-state index contributed by atoms with van der Waals surface area (Å²) >= 11 is 3.69. The molecule has 0 N–H and O–H groups in total. The molecule has 0 saturated heterocycles. The summed E-state index contributed by atoms with van der Waals surface area (Å²) in [5.74, 6) is 1.65. The average Bonchev–Trinajstić information content (AvgIpc) is 3.03. The first-order valence-electron chi connectivity index (χ1n) is 7.43. The van der Waals surface area contributed by atoms with Crippen molar-refractivity contribution >= 4 is 15.9 Å². The molecule has 2 heterocycles. The third-order valence-electron chi connectivity index (χ3n) is 4.02. The minimum absolute atomic E-state index is 0.308. The van der Waals surface area contributed by atoms with E-state index in [2.05, 4.69) is 53.5 Å². The molecule has 0 atom stereocenters. The molecule has 0 radical (unpaired) electrons. The van der Waals surface area contributed by atoms with Crippen molar-refractivity contribution in [2.45, 2.75) is 40.2 Å². The molecule has 3 nitrogen and oxygen atoms in total. The highest BCUT2D eigenvalue weighted by molar-refractivity contribution is 9.10. The highest BCUT2D eigenvalue weighted by Crippen LogP contribution is 2.43. The number of hydrogen-bond acceptors (Lipinski definition) is 2. The van der Waals surface area contributed by atoms with Crippen LogP contribution in [0.5, 0.6) is 11.5 Å². The van der Waals surface area contributed by atoms with Gasteiger partial charge in [0.15, 0.2) is 11.5 Å². The minimum atomic E-state index is 0.308. The molecular formula is C17H20BrNO2. The number of aryl methyl sites for hydroxylation is 2. The van der Waals surface area contributed by atoms with Gasteiger partial charge < -0.3 is 14.0 Å². The van der Waals surface area contributed by atoms with E-state index in [1.54, 1.807) is 0 Å². The monoisotopic (exact) mass is 349 g/mol. The fraction of sp³-hybridized carbons (Fsp3) is 0.412. The van der Waals surface area contributed by atoms with Gasteiger partial charge in [0.25, 0.3) is 0 Å². The maximum atomic E-state index is 5.54. The van der Waals surface area contributed by atoms with E-state index >= 15 is 0 Å². The second-order valence-corrected chi connectivity index (χ2v) is 6.19. The number of rotatable bonds is 4. The first kappa shape index (κ1) is 14.5. The standard InChI is InChI=1S/C17H20BrNO2/c1-4-6-12-9-19(5-2)11(3)17(12)13-7-15-16(8-14(13)18)21-10-20-15/h7-9H,4-6,10H2,1-3H3. The third-order valence-corrected chi connectivity index (χ3v) is 4.67. The number of benzene rings is 1. The average molecular weight is 350 g/mol. The smallest absolute Gasteiger partial charge is 0.231 e. The Labute approximate surface area is 134 Å². The van der Waals surface area contributed by atoms with Crippen molar-refractivity contribution in [3.63, 3.8) is 0 Å². The van der Waals surface area contributed by atoms with E-state index in [1.165, 1.54) is 22.4 Å². The van der Waals surface area contributed by atoms with Gasteiger partial charge in [0.1, 0.15) is 0 Å². The summed E-state index contributed by atoms with van der Waals surface area (Å²) in [5.41, 5.74) is 5.22. The number of hydrogen-bond donors (Lipinski definition) is 0. The van der Waals surface area contributed by atoms with Crippen molar-refractivity contribution in [1.82, 2.24) is 4.57 Å². The quantitative estimate of drug-likeness (QED) is 0.781. The van der Waals surface area contributed by atoms with Gasteiger partial charge in [-0.15, -0.1) is 0 Å². The summed E-state index contributed by atoms with van der Waals surface area (Å²) in [7, 11) is 0. The summed E-state index contributed by atoms with van der Waals surface area (Å²) in [6.45, 7) is 7.89. The van der Waals surface area contributed by atoms with Crippen LogP contribution < -0.4 is 9.47 Å². The van der Waals surface area contributed by atoms with Crippen LogP contribution in [-0.2, 0) is 13.0 Å². The van der Waals surface area contributed by atoms with Gasteiger partial charge in [0.2, 0.25) is 6.79 Å². The maximum Gasteiger partial charge on any atom is 0.231 e. The molecule has 0 fully saturated rings. The largest absolute Gasteiger partial charge is 0.454 e. The molecule has 1 aliphatic heterocycles. The normalized spacial score (nSPS) is 13.0. The van der Waals surface area contributed by atoms with E-state index in [9.17, 15) is 0 Å². The van der Waals surface area contributed by atoms with E-state index in [0.717, 1.165) is 35.4 Å². The van der Waals surface area contributed by atoms with Crippen molar-refractivity contribution in [1.29, 1.82) is 0 Å². The predicted molar refractivity (Wildman–Crippen MR) is 88.1 cm³/mol. The lowest BCUT2D eigenvalue weighted by Gasteiger charge is -2.10. The molecule has 0 saturated carbocycles. The predicted octanol–water partition coefficient (Wildman–Crippen LogP) is 4.93. The number of fused-ring (bicyclic) bond motifs is 1. The fourth-order valence-corrected chi connectivity index (χ4v) is 3.51. The Kier molecular flexibility index (Phi) is 3.98. The molecule has 1 aromatic heterocycles. The number of ether oxygens (including phenoxy) is 2. The van der Waals surface area contributed by atoms with Crippen LogP contribution in [0.2, 0.25) is 0 Å². The maximum absolute atomic E-state index is 5.54. The summed E-state index contributed by atoms with van der Waals surface area (Å²) in [5, 5.41) is 0. The summed E-state index contributed by atoms with van der Waals surface area (Å²) in [6.07, 6.45) is 4.51. The Bertz CT molecular complexity index is 676. The molecule has 112 valence electrons. The van der Waals surface area contributed by atoms with Crippen LogP contribution in [0.3, 0.4) is 0 Å². The van der Waals surface area contributed by atoms with E-state index in [1.807, 2.05) is 6.07 Å². The van der Waals surface area contributed by atoms with E-state index < -0.39 is 0 Å². The Morgan fingerprint density at radius 1 is 1.19 bits per heavy atom. The molecule has 0 unspecified atom stereocenters. The number of nitrogens with zero attached hydrogens (tertiary/aromatic N) is 1. The van der Waals surface area contributed by atoms with Crippen LogP contribution in [0.4, 0.5) is 0 Å². The van der Waals surface area contributed by atoms with Crippen LogP contribution in [0.1, 0.15) is 31.5 Å². The zero-order valence-corrected chi connectivity index (χ0v) is 14.3. The van der Waals surface area contributed by atoms with Crippen molar-refractivity contribution in [2.24, 2.45) is 0 Å². The second-order valence-electron chi connectivity index (χ2n) is 5.34. The molecule has 0 bridgehead atoms. The molecule has 1 aromatic carbocycles. The van der Waals surface area contributed by atoms with Crippen LogP contribution in [0, 0.1) is 6.92 Å². The number of aromatic nitrogens is 1. The fourth-order valence-electron chi connectivity index (χ4n) is 2.99. The van der Waals surface area contributed by atoms with Crippen molar-refractivity contribution in [3.8, 4) is 22.6 Å². The molecule has 0 aliphatic carbocycles. The van der Waals surface area contributed by atoms with E-state index in [-0.39, 0.29) is 0 Å². The van der Waals surface area contributed by atoms with Crippen molar-refractivity contribution < 1.29 is 9.47 Å². The van der Waals surface area contributed by atoms with Crippen molar-refractivity contribution in [2.75, 3.05) is 6.79 Å². The molecule has 0 amide bonds. The van der Waals surface area contributed by atoms with E-state index in [0.29, 0.717) is 6.79 Å². The molecule has 4 heteroatoms. The molecule has 21 heavy (non-hydrogen) atoms. The van der Waals surface area contributed by atoms with Gasteiger partial charge in [-0.05, 0) is 38.0 Å². The third kappa shape index (κ3) is 2.46. The Hall–Kier alpha value is -1.42. The lowest BCUT2D eigenvalue weighted by molar-refractivity contribution is 0.174. The highest BCUT2D eigenvalue weighted by Gasteiger charge is 2.21. The van der Waals surface area contributed by atoms with Gasteiger partial charge in [-0.1, -0.05) is 29.3 Å². The molecule has 0 spiro atoms. The molecule has 1 aliphatic rings. The van der Waals surface area contributed by atoms with Crippen molar-refractivity contribution in [3.05, 3.63) is 34.1 Å². The molecule has 2 aromatic rings. The number of halogens is 1. The Morgan fingerprint density at radius 3 is 2.57 bits per heavy atom. The topological polar surface area (TPSA) is 23.4 Å². The van der Waals surface area contributed by atoms with E-state index in [4.69, 9.17) is 9.47 Å². The lowest BCUT2D eigenvalue weighted by Crippen LogP contribution is -1.94. The molecule has 3 rings (SSSR count). The van der Waals surface area contributed by atoms with Crippen LogP contribution >= 0.6 is 15.9 Å². The zero-order valence-electron chi connectivity index (χ0n) is 12.7. The first-order valence-corrected chi connectivity index (χ1v) is 8.23. The second kappa shape index (κ2) is 5.76. The van der Waals surface area contributed by atoms with Gasteiger partial charge >= 0.3 is 0 Å². The van der Waals surface area contributed by atoms with Gasteiger partial charge in [0.05, 0.1) is 0 Å². The SMILES string of the molecule is CCCc1cn(CC)c(C)c1-c1cc2c(cc1Br)OCO2.